The summed E-state index contributed by atoms with van der Waals surface area (Å²) in [5.74, 6) is 0. The lowest BCUT2D eigenvalue weighted by atomic mass is 10.3. The summed E-state index contributed by atoms with van der Waals surface area (Å²) in [6, 6.07) is 4.77. The molecule has 0 spiro atoms. The topological polar surface area (TPSA) is 24.9 Å². The Labute approximate surface area is 104 Å². The first-order valence-electron chi connectivity index (χ1n) is 5.43. The van der Waals surface area contributed by atoms with E-state index in [1.165, 1.54) is 9.88 Å². The van der Waals surface area contributed by atoms with Crippen molar-refractivity contribution in [3.05, 3.63) is 38.5 Å². The molecule has 2 rings (SSSR count). The third-order valence-corrected chi connectivity index (χ3v) is 3.97. The molecule has 4 heteroatoms. The average molecular weight is 252 g/mol. The number of rotatable bonds is 5. The van der Waals surface area contributed by atoms with Crippen LogP contribution in [0.2, 0.25) is 0 Å². The van der Waals surface area contributed by atoms with E-state index in [1.54, 1.807) is 22.7 Å². The fourth-order valence-corrected chi connectivity index (χ4v) is 3.00. The summed E-state index contributed by atoms with van der Waals surface area (Å²) in [7, 11) is 0. The smallest absolute Gasteiger partial charge is 0.0981 e. The molecular weight excluding hydrogens is 236 g/mol. The number of nitrogens with one attached hydrogen (secondary N) is 1. The SMILES string of the molecule is CC(C)NCc1csc(Cc2cccs2)n1. The van der Waals surface area contributed by atoms with E-state index in [9.17, 15) is 0 Å². The molecule has 0 amide bonds. The van der Waals surface area contributed by atoms with E-state index in [4.69, 9.17) is 0 Å². The maximum atomic E-state index is 4.62. The highest BCUT2D eigenvalue weighted by molar-refractivity contribution is 7.11. The summed E-state index contributed by atoms with van der Waals surface area (Å²) < 4.78 is 0. The van der Waals surface area contributed by atoms with E-state index in [0.29, 0.717) is 6.04 Å². The van der Waals surface area contributed by atoms with Gasteiger partial charge < -0.3 is 5.32 Å². The number of thiophene rings is 1. The van der Waals surface area contributed by atoms with Gasteiger partial charge in [0.25, 0.3) is 0 Å². The minimum Gasteiger partial charge on any atom is -0.309 e. The third-order valence-electron chi connectivity index (χ3n) is 2.20. The summed E-state index contributed by atoms with van der Waals surface area (Å²) in [5, 5.41) is 8.86. The minimum absolute atomic E-state index is 0.516. The van der Waals surface area contributed by atoms with E-state index in [0.717, 1.165) is 18.7 Å². The zero-order valence-corrected chi connectivity index (χ0v) is 11.2. The molecule has 0 aliphatic heterocycles. The summed E-state index contributed by atoms with van der Waals surface area (Å²) in [5.41, 5.74) is 1.16. The first-order chi connectivity index (χ1) is 7.74. The van der Waals surface area contributed by atoms with Gasteiger partial charge in [0.2, 0.25) is 0 Å². The van der Waals surface area contributed by atoms with Gasteiger partial charge in [-0.25, -0.2) is 4.98 Å². The van der Waals surface area contributed by atoms with Crippen molar-refractivity contribution in [3.63, 3.8) is 0 Å². The Morgan fingerprint density at radius 1 is 1.38 bits per heavy atom. The Bertz CT molecular complexity index is 418. The van der Waals surface area contributed by atoms with Gasteiger partial charge in [-0.15, -0.1) is 22.7 Å². The first kappa shape index (κ1) is 11.8. The van der Waals surface area contributed by atoms with E-state index in [1.807, 2.05) is 0 Å². The average Bonchev–Trinajstić information content (AvgIpc) is 2.87. The van der Waals surface area contributed by atoms with E-state index in [2.05, 4.69) is 47.0 Å². The molecule has 0 fully saturated rings. The lowest BCUT2D eigenvalue weighted by molar-refractivity contribution is 0.582. The van der Waals surface area contributed by atoms with Crippen LogP contribution in [0, 0.1) is 0 Å². The molecule has 0 radical (unpaired) electrons. The number of nitrogens with zero attached hydrogens (tertiary/aromatic N) is 1. The van der Waals surface area contributed by atoms with Crippen molar-refractivity contribution in [2.45, 2.75) is 32.9 Å². The normalized spacial score (nSPS) is 11.2. The van der Waals surface area contributed by atoms with Crippen molar-refractivity contribution in [3.8, 4) is 0 Å². The van der Waals surface area contributed by atoms with Gasteiger partial charge in [0.05, 0.1) is 10.7 Å². The lowest BCUT2D eigenvalue weighted by Crippen LogP contribution is -2.21. The molecule has 0 saturated heterocycles. The molecule has 0 saturated carbocycles. The summed E-state index contributed by atoms with van der Waals surface area (Å²) in [6.45, 7) is 5.18. The van der Waals surface area contributed by atoms with Crippen LogP contribution < -0.4 is 5.32 Å². The Morgan fingerprint density at radius 2 is 2.25 bits per heavy atom. The maximum absolute atomic E-state index is 4.62. The fraction of sp³-hybridized carbons (Fsp3) is 0.417. The molecule has 2 aromatic rings. The van der Waals surface area contributed by atoms with Gasteiger partial charge in [0, 0.05) is 29.3 Å². The maximum Gasteiger partial charge on any atom is 0.0981 e. The molecule has 1 N–H and O–H groups in total. The third kappa shape index (κ3) is 3.40. The predicted molar refractivity (Wildman–Crippen MR) is 71.2 cm³/mol. The van der Waals surface area contributed by atoms with Crippen LogP contribution in [0.1, 0.15) is 29.4 Å². The van der Waals surface area contributed by atoms with Crippen molar-refractivity contribution < 1.29 is 0 Å². The van der Waals surface area contributed by atoms with Gasteiger partial charge in [0.1, 0.15) is 0 Å². The fourth-order valence-electron chi connectivity index (χ4n) is 1.38. The molecule has 86 valence electrons. The van der Waals surface area contributed by atoms with Gasteiger partial charge in [0.15, 0.2) is 0 Å². The zero-order chi connectivity index (χ0) is 11.4. The van der Waals surface area contributed by atoms with E-state index < -0.39 is 0 Å². The largest absolute Gasteiger partial charge is 0.309 e. The number of hydrogen-bond acceptors (Lipinski definition) is 4. The minimum atomic E-state index is 0.516. The van der Waals surface area contributed by atoms with Gasteiger partial charge >= 0.3 is 0 Å². The van der Waals surface area contributed by atoms with Crippen molar-refractivity contribution in [2.24, 2.45) is 0 Å². The van der Waals surface area contributed by atoms with Crippen LogP contribution in [0.15, 0.2) is 22.9 Å². The second kappa shape index (κ2) is 5.57. The Balaban J connectivity index is 1.92. The van der Waals surface area contributed by atoms with Crippen LogP contribution in [0.4, 0.5) is 0 Å². The lowest BCUT2D eigenvalue weighted by Gasteiger charge is -2.04. The molecule has 16 heavy (non-hydrogen) atoms. The van der Waals surface area contributed by atoms with Crippen LogP contribution in [0.3, 0.4) is 0 Å². The highest BCUT2D eigenvalue weighted by Gasteiger charge is 2.04. The Morgan fingerprint density at radius 3 is 2.94 bits per heavy atom. The van der Waals surface area contributed by atoms with Crippen LogP contribution in [-0.4, -0.2) is 11.0 Å². The standard InChI is InChI=1S/C12H16N2S2/c1-9(2)13-7-10-8-16-12(14-10)6-11-4-3-5-15-11/h3-5,8-9,13H,6-7H2,1-2H3. The van der Waals surface area contributed by atoms with Crippen LogP contribution in [0.5, 0.6) is 0 Å². The number of hydrogen-bond donors (Lipinski definition) is 1. The van der Waals surface area contributed by atoms with Crippen molar-refractivity contribution >= 4 is 22.7 Å². The zero-order valence-electron chi connectivity index (χ0n) is 9.56. The van der Waals surface area contributed by atoms with Crippen LogP contribution >= 0.6 is 22.7 Å². The molecule has 0 atom stereocenters. The predicted octanol–water partition coefficient (Wildman–Crippen LogP) is 3.29. The second-order valence-corrected chi connectivity index (χ2v) is 6.00. The molecular formula is C12H16N2S2. The summed E-state index contributed by atoms with van der Waals surface area (Å²) in [4.78, 5) is 6.01. The van der Waals surface area contributed by atoms with Gasteiger partial charge in [-0.05, 0) is 11.4 Å². The van der Waals surface area contributed by atoms with Crippen molar-refractivity contribution in [1.82, 2.24) is 10.3 Å². The molecule has 0 aliphatic rings. The highest BCUT2D eigenvalue weighted by Crippen LogP contribution is 2.18. The Hall–Kier alpha value is -0.710. The number of thiazole rings is 1. The van der Waals surface area contributed by atoms with E-state index >= 15 is 0 Å². The van der Waals surface area contributed by atoms with Gasteiger partial charge in [-0.3, -0.25) is 0 Å². The second-order valence-electron chi connectivity index (χ2n) is 4.02. The van der Waals surface area contributed by atoms with E-state index in [-0.39, 0.29) is 0 Å². The first-order valence-corrected chi connectivity index (χ1v) is 7.19. The van der Waals surface area contributed by atoms with Crippen molar-refractivity contribution in [2.75, 3.05) is 0 Å². The molecule has 0 unspecified atom stereocenters. The van der Waals surface area contributed by atoms with Crippen LogP contribution in [0.25, 0.3) is 0 Å². The molecule has 2 heterocycles. The van der Waals surface area contributed by atoms with Gasteiger partial charge in [-0.1, -0.05) is 19.9 Å². The molecule has 0 aromatic carbocycles. The Kier molecular flexibility index (Phi) is 4.09. The van der Waals surface area contributed by atoms with Gasteiger partial charge in [-0.2, -0.15) is 0 Å². The highest BCUT2D eigenvalue weighted by atomic mass is 32.1. The summed E-state index contributed by atoms with van der Waals surface area (Å²) >= 11 is 3.55. The molecule has 0 bridgehead atoms. The monoisotopic (exact) mass is 252 g/mol. The quantitative estimate of drug-likeness (QED) is 0.883. The number of aromatic nitrogens is 1. The van der Waals surface area contributed by atoms with Crippen LogP contribution in [-0.2, 0) is 13.0 Å². The van der Waals surface area contributed by atoms with Crippen molar-refractivity contribution in [1.29, 1.82) is 0 Å². The summed E-state index contributed by atoms with van der Waals surface area (Å²) in [6.07, 6.45) is 0.976. The molecule has 2 nitrogen and oxygen atoms in total. The molecule has 2 aromatic heterocycles. The molecule has 0 aliphatic carbocycles.